The molecule has 7 nitrogen and oxygen atoms in total. The third kappa shape index (κ3) is 5.60. The van der Waals surface area contributed by atoms with Gasteiger partial charge in [0.1, 0.15) is 0 Å². The number of hydrogen-bond acceptors (Lipinski definition) is 6. The third-order valence-corrected chi connectivity index (χ3v) is 4.87. The number of amides is 1. The van der Waals surface area contributed by atoms with Gasteiger partial charge in [0.05, 0.1) is 38.0 Å². The fourth-order valence-corrected chi connectivity index (χ4v) is 3.00. The molecule has 0 aromatic heterocycles. The van der Waals surface area contributed by atoms with Crippen LogP contribution in [0.3, 0.4) is 0 Å². The van der Waals surface area contributed by atoms with Gasteiger partial charge in [-0.05, 0) is 12.1 Å². The molecule has 3 N–H and O–H groups in total. The average Bonchev–Trinajstić information content (AvgIpc) is 2.57. The van der Waals surface area contributed by atoms with Gasteiger partial charge in [-0.1, -0.05) is 0 Å². The number of halogens is 2. The summed E-state index contributed by atoms with van der Waals surface area (Å²) in [5, 5.41) is 1.96. The molecule has 0 atom stereocenters. The standard InChI is InChI=1S/C14H20F2N2O5S/c1-22-11-4-3-10(7-12(11)23-2)24(20,21)6-5-13(19)18-9-14(15,16)8-17/h3-4,7H,5-6,8-9,17H2,1-2H3,(H,18,19). The van der Waals surface area contributed by atoms with Gasteiger partial charge in [0, 0.05) is 12.5 Å². The smallest absolute Gasteiger partial charge is 0.277 e. The summed E-state index contributed by atoms with van der Waals surface area (Å²) < 4.78 is 60.3. The van der Waals surface area contributed by atoms with Crippen LogP contribution < -0.4 is 20.5 Å². The van der Waals surface area contributed by atoms with Crippen molar-refractivity contribution in [3.63, 3.8) is 0 Å². The summed E-state index contributed by atoms with van der Waals surface area (Å²) >= 11 is 0. The van der Waals surface area contributed by atoms with Gasteiger partial charge in [0.25, 0.3) is 5.92 Å². The molecule has 0 saturated carbocycles. The molecule has 24 heavy (non-hydrogen) atoms. The van der Waals surface area contributed by atoms with E-state index in [1.165, 1.54) is 32.4 Å². The van der Waals surface area contributed by atoms with E-state index in [0.717, 1.165) is 0 Å². The second-order valence-electron chi connectivity index (χ2n) is 4.92. The molecule has 0 fully saturated rings. The Morgan fingerprint density at radius 1 is 1.25 bits per heavy atom. The van der Waals surface area contributed by atoms with Gasteiger partial charge >= 0.3 is 0 Å². The number of alkyl halides is 2. The lowest BCUT2D eigenvalue weighted by Crippen LogP contribution is -2.41. The molecule has 0 bridgehead atoms. The van der Waals surface area contributed by atoms with Gasteiger partial charge in [0.15, 0.2) is 21.3 Å². The summed E-state index contributed by atoms with van der Waals surface area (Å²) in [5.41, 5.74) is 4.84. The number of sulfone groups is 1. The van der Waals surface area contributed by atoms with Crippen molar-refractivity contribution in [2.75, 3.05) is 33.1 Å². The number of carbonyl (C=O) groups excluding carboxylic acids is 1. The van der Waals surface area contributed by atoms with Gasteiger partial charge in [-0.25, -0.2) is 17.2 Å². The maximum atomic E-state index is 12.9. The minimum Gasteiger partial charge on any atom is -0.493 e. The van der Waals surface area contributed by atoms with Gasteiger partial charge in [-0.2, -0.15) is 0 Å². The fraction of sp³-hybridized carbons (Fsp3) is 0.500. The van der Waals surface area contributed by atoms with E-state index in [1.54, 1.807) is 0 Å². The SMILES string of the molecule is COc1ccc(S(=O)(=O)CCC(=O)NCC(F)(F)CN)cc1OC. The topological polar surface area (TPSA) is 108 Å². The van der Waals surface area contributed by atoms with Crippen LogP contribution in [-0.4, -0.2) is 53.3 Å². The van der Waals surface area contributed by atoms with E-state index in [9.17, 15) is 22.0 Å². The Bertz CT molecular complexity index is 680. The van der Waals surface area contributed by atoms with E-state index in [1.807, 2.05) is 5.32 Å². The first-order valence-electron chi connectivity index (χ1n) is 6.94. The molecule has 1 amide bonds. The van der Waals surface area contributed by atoms with E-state index in [0.29, 0.717) is 5.75 Å². The predicted octanol–water partition coefficient (Wildman–Crippen LogP) is 0.578. The Balaban J connectivity index is 2.72. The molecular weight excluding hydrogens is 346 g/mol. The van der Waals surface area contributed by atoms with Crippen molar-refractivity contribution in [1.82, 2.24) is 5.32 Å². The van der Waals surface area contributed by atoms with Crippen LogP contribution in [0, 0.1) is 0 Å². The van der Waals surface area contributed by atoms with Crippen molar-refractivity contribution in [3.05, 3.63) is 18.2 Å². The summed E-state index contributed by atoms with van der Waals surface area (Å²) in [5.74, 6) is -3.96. The van der Waals surface area contributed by atoms with E-state index in [4.69, 9.17) is 15.2 Å². The van der Waals surface area contributed by atoms with Crippen molar-refractivity contribution in [2.45, 2.75) is 17.2 Å². The zero-order valence-corrected chi connectivity index (χ0v) is 14.2. The molecule has 136 valence electrons. The van der Waals surface area contributed by atoms with Crippen LogP contribution in [-0.2, 0) is 14.6 Å². The van der Waals surface area contributed by atoms with Crippen LogP contribution in [0.5, 0.6) is 11.5 Å². The largest absolute Gasteiger partial charge is 0.493 e. The minimum absolute atomic E-state index is 0.0553. The van der Waals surface area contributed by atoms with E-state index >= 15 is 0 Å². The first-order valence-corrected chi connectivity index (χ1v) is 8.60. The van der Waals surface area contributed by atoms with Crippen LogP contribution in [0.25, 0.3) is 0 Å². The van der Waals surface area contributed by atoms with Gasteiger partial charge in [-0.3, -0.25) is 4.79 Å². The summed E-state index contributed by atoms with van der Waals surface area (Å²) in [6, 6.07) is 4.01. The molecule has 0 aliphatic rings. The number of methoxy groups -OCH3 is 2. The first kappa shape index (κ1) is 20.1. The fourth-order valence-electron chi connectivity index (χ4n) is 1.74. The summed E-state index contributed by atoms with van der Waals surface area (Å²) in [7, 11) is -1.01. The first-order chi connectivity index (χ1) is 11.1. The molecule has 1 aromatic carbocycles. The van der Waals surface area contributed by atoms with Gasteiger partial charge < -0.3 is 20.5 Å². The van der Waals surface area contributed by atoms with E-state index in [-0.39, 0.29) is 10.6 Å². The van der Waals surface area contributed by atoms with Crippen molar-refractivity contribution in [2.24, 2.45) is 5.73 Å². The lowest BCUT2D eigenvalue weighted by Gasteiger charge is -2.14. The molecule has 10 heteroatoms. The molecule has 1 rings (SSSR count). The highest BCUT2D eigenvalue weighted by molar-refractivity contribution is 7.91. The molecule has 0 unspecified atom stereocenters. The van der Waals surface area contributed by atoms with Crippen molar-refractivity contribution in [1.29, 1.82) is 0 Å². The lowest BCUT2D eigenvalue weighted by molar-refractivity contribution is -0.122. The van der Waals surface area contributed by atoms with Crippen LogP contribution in [0.1, 0.15) is 6.42 Å². The highest BCUT2D eigenvalue weighted by atomic mass is 32.2. The Morgan fingerprint density at radius 3 is 2.42 bits per heavy atom. The van der Waals surface area contributed by atoms with E-state index in [2.05, 4.69) is 0 Å². The normalized spacial score (nSPS) is 11.9. The van der Waals surface area contributed by atoms with Crippen molar-refractivity contribution < 1.29 is 31.5 Å². The molecule has 0 saturated heterocycles. The van der Waals surface area contributed by atoms with Crippen molar-refractivity contribution >= 4 is 15.7 Å². The molecule has 1 aromatic rings. The van der Waals surface area contributed by atoms with Crippen molar-refractivity contribution in [3.8, 4) is 11.5 Å². The number of nitrogens with one attached hydrogen (secondary N) is 1. The van der Waals surface area contributed by atoms with Crippen LogP contribution in [0.2, 0.25) is 0 Å². The van der Waals surface area contributed by atoms with Gasteiger partial charge in [0.2, 0.25) is 5.91 Å². The summed E-state index contributed by atoms with van der Waals surface area (Å²) in [6.45, 7) is -1.84. The zero-order chi connectivity index (χ0) is 18.4. The number of benzene rings is 1. The van der Waals surface area contributed by atoms with Crippen LogP contribution in [0.4, 0.5) is 8.78 Å². The second-order valence-corrected chi connectivity index (χ2v) is 7.03. The van der Waals surface area contributed by atoms with Crippen LogP contribution in [0.15, 0.2) is 23.1 Å². The highest BCUT2D eigenvalue weighted by Crippen LogP contribution is 2.29. The molecule has 0 radical (unpaired) electrons. The maximum Gasteiger partial charge on any atom is 0.277 e. The highest BCUT2D eigenvalue weighted by Gasteiger charge is 2.27. The Morgan fingerprint density at radius 2 is 1.88 bits per heavy atom. The zero-order valence-electron chi connectivity index (χ0n) is 13.3. The Hall–Kier alpha value is -1.94. The molecule has 0 heterocycles. The quantitative estimate of drug-likeness (QED) is 0.662. The van der Waals surface area contributed by atoms with E-state index < -0.39 is 46.9 Å². The molecule has 0 aliphatic heterocycles. The monoisotopic (exact) mass is 366 g/mol. The second kappa shape index (κ2) is 8.25. The average molecular weight is 366 g/mol. The number of nitrogens with two attached hydrogens (primary N) is 1. The molecular formula is C14H20F2N2O5S. The third-order valence-electron chi connectivity index (χ3n) is 3.15. The number of rotatable bonds is 9. The number of ether oxygens (including phenoxy) is 2. The number of carbonyl (C=O) groups is 1. The molecule has 0 spiro atoms. The molecule has 0 aliphatic carbocycles. The predicted molar refractivity (Wildman–Crippen MR) is 83.2 cm³/mol. The minimum atomic E-state index is -3.78. The Labute approximate surface area is 139 Å². The lowest BCUT2D eigenvalue weighted by atomic mass is 10.3. The van der Waals surface area contributed by atoms with Crippen LogP contribution >= 0.6 is 0 Å². The summed E-state index contributed by atoms with van der Waals surface area (Å²) in [6.07, 6.45) is -0.447. The summed E-state index contributed by atoms with van der Waals surface area (Å²) in [4.78, 5) is 11.5. The van der Waals surface area contributed by atoms with Gasteiger partial charge in [-0.15, -0.1) is 0 Å². The Kier molecular flexibility index (Phi) is 6.91. The number of hydrogen-bond donors (Lipinski definition) is 2. The maximum absolute atomic E-state index is 12.9.